The predicted molar refractivity (Wildman–Crippen MR) is 101 cm³/mol. The van der Waals surface area contributed by atoms with Gasteiger partial charge >= 0.3 is 12.3 Å². The molecule has 1 amide bonds. The van der Waals surface area contributed by atoms with E-state index in [1.54, 1.807) is 0 Å². The summed E-state index contributed by atoms with van der Waals surface area (Å²) < 4.78 is 54.3. The summed E-state index contributed by atoms with van der Waals surface area (Å²) in [6.07, 6.45) is 2.19. The van der Waals surface area contributed by atoms with Gasteiger partial charge in [-0.3, -0.25) is 4.79 Å². The number of fused-ring (bicyclic) bond motifs is 2. The van der Waals surface area contributed by atoms with Gasteiger partial charge in [0.05, 0.1) is 11.9 Å². The van der Waals surface area contributed by atoms with Gasteiger partial charge in [0.1, 0.15) is 0 Å². The van der Waals surface area contributed by atoms with Crippen molar-refractivity contribution in [3.05, 3.63) is 18.3 Å². The molecule has 0 spiro atoms. The number of carbonyl (C=O) groups excluding carboxylic acids is 1. The smallest absolute Gasteiger partial charge is 0.340 e. The van der Waals surface area contributed by atoms with Crippen LogP contribution in [0.2, 0.25) is 0 Å². The Bertz CT molecular complexity index is 625. The molecule has 0 saturated carbocycles. The first-order valence-electron chi connectivity index (χ1n) is 8.62. The molecule has 3 rings (SSSR count). The zero-order valence-corrected chi connectivity index (χ0v) is 16.5. The van der Waals surface area contributed by atoms with E-state index in [9.17, 15) is 22.4 Å². The molecule has 2 N–H and O–H groups in total. The Morgan fingerprint density at radius 3 is 2.43 bits per heavy atom. The fourth-order valence-electron chi connectivity index (χ4n) is 3.59. The number of pyridine rings is 1. The van der Waals surface area contributed by atoms with Gasteiger partial charge in [0.2, 0.25) is 11.8 Å². The van der Waals surface area contributed by atoms with Crippen molar-refractivity contribution in [3.8, 4) is 5.88 Å². The molecule has 2 aliphatic heterocycles. The summed E-state index contributed by atoms with van der Waals surface area (Å²) in [7, 11) is 0. The van der Waals surface area contributed by atoms with Gasteiger partial charge in [0.25, 0.3) is 0 Å². The van der Waals surface area contributed by atoms with Crippen molar-refractivity contribution in [2.75, 3.05) is 11.9 Å². The van der Waals surface area contributed by atoms with Crippen molar-refractivity contribution in [1.29, 1.82) is 0 Å². The summed E-state index contributed by atoms with van der Waals surface area (Å²) in [4.78, 5) is 15.9. The van der Waals surface area contributed by atoms with Gasteiger partial charge in [0, 0.05) is 24.6 Å². The maximum absolute atomic E-state index is 12.8. The monoisotopic (exact) mass is 447 g/mol. The molecule has 2 unspecified atom stereocenters. The molecule has 1 aromatic heterocycles. The van der Waals surface area contributed by atoms with Crippen LogP contribution in [0.4, 0.5) is 23.2 Å². The molecule has 1 aromatic rings. The number of aromatic nitrogens is 1. The van der Waals surface area contributed by atoms with Crippen molar-refractivity contribution in [1.82, 2.24) is 10.3 Å². The highest BCUT2D eigenvalue weighted by molar-refractivity contribution is 5.90. The number of amides is 1. The van der Waals surface area contributed by atoms with Crippen molar-refractivity contribution < 1.29 is 27.1 Å². The predicted octanol–water partition coefficient (Wildman–Crippen LogP) is 4.06. The van der Waals surface area contributed by atoms with Crippen LogP contribution >= 0.6 is 24.8 Å². The fourth-order valence-corrected chi connectivity index (χ4v) is 3.59. The van der Waals surface area contributed by atoms with Gasteiger partial charge in [-0.25, -0.2) is 13.8 Å². The third kappa shape index (κ3) is 6.63. The molecule has 0 aliphatic carbocycles. The quantitative estimate of drug-likeness (QED) is 0.618. The average Bonchev–Trinajstić information content (AvgIpc) is 2.92. The Labute approximate surface area is 172 Å². The van der Waals surface area contributed by atoms with Gasteiger partial charge in [-0.2, -0.15) is 8.78 Å². The summed E-state index contributed by atoms with van der Waals surface area (Å²) in [6.45, 7) is -1.46. The van der Waals surface area contributed by atoms with Crippen LogP contribution < -0.4 is 15.4 Å². The number of nitrogens with zero attached hydrogens (tertiary/aromatic N) is 1. The molecule has 28 heavy (non-hydrogen) atoms. The molecule has 0 radical (unpaired) electrons. The van der Waals surface area contributed by atoms with E-state index in [2.05, 4.69) is 20.4 Å². The Balaban J connectivity index is 0.00000196. The summed E-state index contributed by atoms with van der Waals surface area (Å²) in [6, 6.07) is 3.71. The van der Waals surface area contributed by atoms with E-state index < -0.39 is 19.0 Å². The van der Waals surface area contributed by atoms with Gasteiger partial charge in [0.15, 0.2) is 6.61 Å². The molecule has 3 heterocycles. The topological polar surface area (TPSA) is 63.2 Å². The number of alkyl halides is 4. The summed E-state index contributed by atoms with van der Waals surface area (Å²) in [5, 5.41) is 6.23. The van der Waals surface area contributed by atoms with Crippen LogP contribution in [0.1, 0.15) is 32.1 Å². The van der Waals surface area contributed by atoms with Gasteiger partial charge in [-0.15, -0.1) is 24.8 Å². The first-order chi connectivity index (χ1) is 12.3. The van der Waals surface area contributed by atoms with Gasteiger partial charge in [-0.1, -0.05) is 0 Å². The van der Waals surface area contributed by atoms with E-state index in [1.807, 2.05) is 0 Å². The SMILES string of the molecule is Cl.Cl.O=C(CC1CC2CCC(C1)N2)Nc1ccc(OCC(F)(F)C(F)F)nc1. The number of ether oxygens (including phenoxy) is 1. The first kappa shape index (κ1) is 24.7. The number of rotatable bonds is 7. The second-order valence-corrected chi connectivity index (χ2v) is 6.96. The maximum Gasteiger partial charge on any atom is 0.340 e. The molecule has 11 heteroatoms. The zero-order valence-electron chi connectivity index (χ0n) is 14.9. The van der Waals surface area contributed by atoms with E-state index in [-0.39, 0.29) is 36.6 Å². The number of nitrogens with one attached hydrogen (secondary N) is 2. The number of carbonyl (C=O) groups is 1. The van der Waals surface area contributed by atoms with E-state index in [0.717, 1.165) is 12.8 Å². The van der Waals surface area contributed by atoms with Crippen LogP contribution in [-0.2, 0) is 4.79 Å². The second kappa shape index (κ2) is 10.5. The standard InChI is InChI=1S/C17H21F4N3O2.2ClH/c18-16(19)17(20,21)9-26-15-4-3-13(8-22-15)24-14(25)7-10-5-11-1-2-12(6-10)23-11;;/h3-4,8,10-12,16,23H,1-2,5-7,9H2,(H,24,25);2*1H. The number of hydrogen-bond donors (Lipinski definition) is 2. The normalized spacial score (nSPS) is 23.5. The minimum absolute atomic E-state index is 0. The lowest BCUT2D eigenvalue weighted by atomic mass is 9.89. The number of anilines is 1. The zero-order chi connectivity index (χ0) is 18.7. The average molecular weight is 448 g/mol. The number of halogens is 6. The highest BCUT2D eigenvalue weighted by Crippen LogP contribution is 2.32. The van der Waals surface area contributed by atoms with Gasteiger partial charge in [-0.05, 0) is 37.7 Å². The van der Waals surface area contributed by atoms with Crippen LogP contribution in [0.5, 0.6) is 5.88 Å². The third-order valence-corrected chi connectivity index (χ3v) is 4.80. The molecule has 2 aliphatic rings. The number of hydrogen-bond acceptors (Lipinski definition) is 4. The number of piperidine rings is 1. The fraction of sp³-hybridized carbons (Fsp3) is 0.647. The van der Waals surface area contributed by atoms with E-state index in [4.69, 9.17) is 0 Å². The third-order valence-electron chi connectivity index (χ3n) is 4.80. The van der Waals surface area contributed by atoms with Crippen molar-refractivity contribution in [3.63, 3.8) is 0 Å². The van der Waals surface area contributed by atoms with Crippen LogP contribution in [0.25, 0.3) is 0 Å². The highest BCUT2D eigenvalue weighted by Gasteiger charge is 2.41. The Kier molecular flexibility index (Phi) is 9.23. The maximum atomic E-state index is 12.8. The van der Waals surface area contributed by atoms with Crippen LogP contribution in [0.15, 0.2) is 18.3 Å². The molecular weight excluding hydrogens is 425 g/mol. The summed E-state index contributed by atoms with van der Waals surface area (Å²) in [5.74, 6) is -4.22. The minimum Gasteiger partial charge on any atom is -0.471 e. The lowest BCUT2D eigenvalue weighted by Crippen LogP contribution is -2.39. The van der Waals surface area contributed by atoms with Crippen molar-refractivity contribution >= 4 is 36.4 Å². The largest absolute Gasteiger partial charge is 0.471 e. The highest BCUT2D eigenvalue weighted by atomic mass is 35.5. The van der Waals surface area contributed by atoms with E-state index in [1.165, 1.54) is 31.2 Å². The molecule has 0 aromatic carbocycles. The second-order valence-electron chi connectivity index (χ2n) is 6.96. The molecule has 2 atom stereocenters. The van der Waals surface area contributed by atoms with Crippen molar-refractivity contribution in [2.45, 2.75) is 56.5 Å². The lowest BCUT2D eigenvalue weighted by molar-refractivity contribution is -0.148. The first-order valence-corrected chi connectivity index (χ1v) is 8.62. The van der Waals surface area contributed by atoms with Crippen LogP contribution in [0.3, 0.4) is 0 Å². The molecule has 2 bridgehead atoms. The Morgan fingerprint density at radius 2 is 1.89 bits per heavy atom. The van der Waals surface area contributed by atoms with Crippen molar-refractivity contribution in [2.24, 2.45) is 5.92 Å². The van der Waals surface area contributed by atoms with Crippen LogP contribution in [-0.4, -0.2) is 41.9 Å². The summed E-state index contributed by atoms with van der Waals surface area (Å²) >= 11 is 0. The van der Waals surface area contributed by atoms with Crippen LogP contribution in [0, 0.1) is 5.92 Å². The molecule has 160 valence electrons. The lowest BCUT2D eigenvalue weighted by Gasteiger charge is -2.28. The minimum atomic E-state index is -4.23. The Hall–Kier alpha value is -1.32. The Morgan fingerprint density at radius 1 is 1.25 bits per heavy atom. The molecule has 2 fully saturated rings. The molecule has 5 nitrogen and oxygen atoms in total. The van der Waals surface area contributed by atoms with Gasteiger partial charge < -0.3 is 15.4 Å². The van der Waals surface area contributed by atoms with E-state index >= 15 is 0 Å². The molecule has 2 saturated heterocycles. The summed E-state index contributed by atoms with van der Waals surface area (Å²) in [5.41, 5.74) is 0.403. The molecular formula is C17H23Cl2F4N3O2. The van der Waals surface area contributed by atoms with E-state index in [0.29, 0.717) is 30.1 Å².